The largest absolute Gasteiger partial charge is 0.489 e. The van der Waals surface area contributed by atoms with Crippen LogP contribution in [0.4, 0.5) is 0 Å². The molecule has 0 spiro atoms. The lowest BCUT2D eigenvalue weighted by Crippen LogP contribution is -2.35. The average molecular weight is 400 g/mol. The van der Waals surface area contributed by atoms with Crippen LogP contribution in [-0.4, -0.2) is 16.5 Å². The number of fused-ring (bicyclic) bond motifs is 1. The number of hydrogen-bond acceptors (Lipinski definition) is 3. The summed E-state index contributed by atoms with van der Waals surface area (Å²) >= 11 is 0. The van der Waals surface area contributed by atoms with E-state index < -0.39 is 5.41 Å². The topological polar surface area (TPSA) is 68.2 Å². The molecule has 5 heteroatoms. The second kappa shape index (κ2) is 8.41. The number of nitrogens with one attached hydrogen (secondary N) is 1. The van der Waals surface area contributed by atoms with Gasteiger partial charge in [0.15, 0.2) is 0 Å². The molecule has 0 aliphatic carbocycles. The Morgan fingerprint density at radius 1 is 1.00 bits per heavy atom. The molecule has 0 fully saturated rings. The first kappa shape index (κ1) is 19.7. The minimum absolute atomic E-state index is 0.171. The van der Waals surface area contributed by atoms with Crippen LogP contribution < -0.4 is 4.74 Å². The van der Waals surface area contributed by atoms with Crippen molar-refractivity contribution in [3.8, 4) is 5.75 Å². The Morgan fingerprint density at radius 2 is 1.70 bits per heavy atom. The molecule has 1 aromatic heterocycles. The van der Waals surface area contributed by atoms with Gasteiger partial charge in [0, 0.05) is 22.0 Å². The van der Waals surface area contributed by atoms with Crippen LogP contribution in [0.2, 0.25) is 0 Å². The van der Waals surface area contributed by atoms with Gasteiger partial charge in [-0.15, -0.1) is 0 Å². The van der Waals surface area contributed by atoms with Gasteiger partial charge < -0.3 is 9.72 Å². The first-order valence-corrected chi connectivity index (χ1v) is 10.1. The highest BCUT2D eigenvalue weighted by atomic mass is 16.6. The van der Waals surface area contributed by atoms with Gasteiger partial charge in [-0.05, 0) is 41.3 Å². The summed E-state index contributed by atoms with van der Waals surface area (Å²) in [5.41, 5.74) is 3.18. The van der Waals surface area contributed by atoms with Crippen LogP contribution in [0.1, 0.15) is 30.0 Å². The number of rotatable bonds is 8. The van der Waals surface area contributed by atoms with Crippen molar-refractivity contribution in [2.24, 2.45) is 0 Å². The van der Waals surface area contributed by atoms with Gasteiger partial charge >= 0.3 is 0 Å². The minimum Gasteiger partial charge on any atom is -0.489 e. The van der Waals surface area contributed by atoms with E-state index in [9.17, 15) is 10.1 Å². The highest BCUT2D eigenvalue weighted by molar-refractivity contribution is 5.86. The molecule has 0 saturated heterocycles. The van der Waals surface area contributed by atoms with Crippen molar-refractivity contribution in [3.05, 3.63) is 112 Å². The third kappa shape index (κ3) is 3.79. The molecule has 4 rings (SSSR count). The molecule has 1 heterocycles. The molecule has 0 bridgehead atoms. The van der Waals surface area contributed by atoms with Gasteiger partial charge in [-0.1, -0.05) is 67.6 Å². The van der Waals surface area contributed by atoms with Crippen molar-refractivity contribution in [2.45, 2.75) is 25.4 Å². The van der Waals surface area contributed by atoms with Gasteiger partial charge in [0.2, 0.25) is 6.54 Å². The highest BCUT2D eigenvalue weighted by Gasteiger charge is 2.39. The van der Waals surface area contributed by atoms with Crippen LogP contribution in [0.3, 0.4) is 0 Å². The molecule has 0 unspecified atom stereocenters. The Balaban J connectivity index is 1.76. The van der Waals surface area contributed by atoms with Crippen molar-refractivity contribution in [1.29, 1.82) is 0 Å². The fraction of sp³-hybridized carbons (Fsp3) is 0.200. The number of aromatic amines is 1. The Morgan fingerprint density at radius 3 is 2.37 bits per heavy atom. The molecule has 3 aromatic carbocycles. The normalized spacial score (nSPS) is 13.1. The van der Waals surface area contributed by atoms with Gasteiger partial charge in [-0.2, -0.15) is 0 Å². The number of H-pyrrole nitrogens is 1. The van der Waals surface area contributed by atoms with Crippen LogP contribution in [-0.2, 0) is 12.0 Å². The molecule has 0 amide bonds. The molecule has 5 nitrogen and oxygen atoms in total. The summed E-state index contributed by atoms with van der Waals surface area (Å²) < 4.78 is 6.01. The molecule has 4 aromatic rings. The number of aromatic nitrogens is 1. The number of benzene rings is 3. The summed E-state index contributed by atoms with van der Waals surface area (Å²) in [6.45, 7) is 2.30. The molecular formula is C25H24N2O3. The van der Waals surface area contributed by atoms with Gasteiger partial charge in [-0.3, -0.25) is 10.1 Å². The van der Waals surface area contributed by atoms with E-state index in [0.717, 1.165) is 33.3 Å². The van der Waals surface area contributed by atoms with Crippen LogP contribution in [0, 0.1) is 10.1 Å². The van der Waals surface area contributed by atoms with E-state index in [2.05, 4.69) is 4.98 Å². The smallest absolute Gasteiger partial charge is 0.217 e. The lowest BCUT2D eigenvalue weighted by atomic mass is 9.72. The highest BCUT2D eigenvalue weighted by Crippen LogP contribution is 2.40. The van der Waals surface area contributed by atoms with Crippen LogP contribution in [0.5, 0.6) is 5.75 Å². The Bertz CT molecular complexity index is 1140. The van der Waals surface area contributed by atoms with Crippen molar-refractivity contribution >= 4 is 10.9 Å². The van der Waals surface area contributed by atoms with E-state index in [1.807, 2.05) is 92.0 Å². The van der Waals surface area contributed by atoms with Crippen LogP contribution in [0.25, 0.3) is 10.9 Å². The lowest BCUT2D eigenvalue weighted by Gasteiger charge is -2.29. The van der Waals surface area contributed by atoms with Crippen molar-refractivity contribution < 1.29 is 9.66 Å². The number of hydrogen-bond donors (Lipinski definition) is 1. The first-order valence-electron chi connectivity index (χ1n) is 10.1. The second-order valence-electron chi connectivity index (χ2n) is 7.48. The SMILES string of the molecule is CC[C@@](C[N+](=O)[O-])(c1ccccc1)c1c[nH]c2ccc(OCc3ccccc3)cc12. The minimum atomic E-state index is -0.721. The van der Waals surface area contributed by atoms with Gasteiger partial charge in [-0.25, -0.2) is 0 Å². The van der Waals surface area contributed by atoms with Crippen molar-refractivity contribution in [1.82, 2.24) is 4.98 Å². The van der Waals surface area contributed by atoms with Crippen molar-refractivity contribution in [2.75, 3.05) is 6.54 Å². The third-order valence-electron chi connectivity index (χ3n) is 5.75. The quantitative estimate of drug-likeness (QED) is 0.304. The zero-order valence-electron chi connectivity index (χ0n) is 16.9. The van der Waals surface area contributed by atoms with Gasteiger partial charge in [0.1, 0.15) is 12.4 Å². The molecular weight excluding hydrogens is 376 g/mol. The van der Waals surface area contributed by atoms with E-state index >= 15 is 0 Å². The molecule has 0 aliphatic rings. The number of nitrogens with zero attached hydrogens (tertiary/aromatic N) is 1. The fourth-order valence-corrected chi connectivity index (χ4v) is 4.14. The zero-order chi connectivity index (χ0) is 21.0. The Labute approximate surface area is 175 Å². The molecule has 0 saturated carbocycles. The van der Waals surface area contributed by atoms with E-state index in [4.69, 9.17) is 4.74 Å². The van der Waals surface area contributed by atoms with Gasteiger partial charge in [0.05, 0.1) is 5.41 Å². The summed E-state index contributed by atoms with van der Waals surface area (Å²) in [7, 11) is 0. The Kier molecular flexibility index (Phi) is 5.53. The lowest BCUT2D eigenvalue weighted by molar-refractivity contribution is -0.489. The summed E-state index contributed by atoms with van der Waals surface area (Å²) in [5.74, 6) is 0.742. The van der Waals surface area contributed by atoms with Crippen LogP contribution >= 0.6 is 0 Å². The molecule has 1 N–H and O–H groups in total. The van der Waals surface area contributed by atoms with Crippen molar-refractivity contribution in [3.63, 3.8) is 0 Å². The molecule has 0 aliphatic heterocycles. The maximum Gasteiger partial charge on any atom is 0.217 e. The maximum atomic E-state index is 11.7. The average Bonchev–Trinajstić information content (AvgIpc) is 3.21. The zero-order valence-corrected chi connectivity index (χ0v) is 16.9. The van der Waals surface area contributed by atoms with Crippen LogP contribution in [0.15, 0.2) is 85.1 Å². The summed E-state index contributed by atoms with van der Waals surface area (Å²) in [6.07, 6.45) is 2.52. The summed E-state index contributed by atoms with van der Waals surface area (Å²) in [6, 6.07) is 25.6. The Hall–Kier alpha value is -3.60. The van der Waals surface area contributed by atoms with E-state index in [-0.39, 0.29) is 11.5 Å². The first-order chi connectivity index (χ1) is 14.6. The number of ether oxygens (including phenoxy) is 1. The van der Waals surface area contributed by atoms with Gasteiger partial charge in [0.25, 0.3) is 0 Å². The van der Waals surface area contributed by atoms with E-state index in [0.29, 0.717) is 13.0 Å². The molecule has 1 atom stereocenters. The molecule has 30 heavy (non-hydrogen) atoms. The second-order valence-corrected chi connectivity index (χ2v) is 7.48. The predicted molar refractivity (Wildman–Crippen MR) is 118 cm³/mol. The molecule has 0 radical (unpaired) electrons. The fourth-order valence-electron chi connectivity index (χ4n) is 4.14. The predicted octanol–water partition coefficient (Wildman–Crippen LogP) is 5.72. The monoisotopic (exact) mass is 400 g/mol. The number of nitro groups is 1. The summed E-state index contributed by atoms with van der Waals surface area (Å²) in [4.78, 5) is 14.8. The van der Waals surface area contributed by atoms with E-state index in [1.165, 1.54) is 0 Å². The standard InChI is InChI=1S/C25H24N2O3/c1-2-25(18-27(28)29,20-11-7-4-8-12-20)23-16-26-24-14-13-21(15-22(23)24)30-17-19-9-5-3-6-10-19/h3-16,26H,2,17-18H2,1H3/t25-/m1/s1. The van der Waals surface area contributed by atoms with E-state index in [1.54, 1.807) is 0 Å². The molecule has 152 valence electrons. The third-order valence-corrected chi connectivity index (χ3v) is 5.75. The summed E-state index contributed by atoms with van der Waals surface area (Å²) in [5, 5.41) is 12.6. The maximum absolute atomic E-state index is 11.7.